The quantitative estimate of drug-likeness (QED) is 0.840. The Labute approximate surface area is 103 Å². The number of aryl methyl sites for hydroxylation is 2. The van der Waals surface area contributed by atoms with Crippen LogP contribution in [0.25, 0.3) is 0 Å². The second kappa shape index (κ2) is 4.50. The van der Waals surface area contributed by atoms with Gasteiger partial charge in [-0.3, -0.25) is 0 Å². The molecule has 0 radical (unpaired) electrons. The Morgan fingerprint density at radius 1 is 1.38 bits per heavy atom. The molecule has 0 fully saturated rings. The summed E-state index contributed by atoms with van der Waals surface area (Å²) in [6, 6.07) is 2.96. The van der Waals surface area contributed by atoms with Crippen molar-refractivity contribution in [3.05, 3.63) is 21.4 Å². The van der Waals surface area contributed by atoms with E-state index < -0.39 is 0 Å². The van der Waals surface area contributed by atoms with Crippen molar-refractivity contribution < 1.29 is 0 Å². The first-order chi connectivity index (χ1) is 7.52. The summed E-state index contributed by atoms with van der Waals surface area (Å²) in [5.74, 6) is 0. The van der Waals surface area contributed by atoms with Crippen LogP contribution in [0.15, 0.2) is 6.07 Å². The molecule has 0 amide bonds. The van der Waals surface area contributed by atoms with Gasteiger partial charge in [-0.2, -0.15) is 0 Å². The molecule has 1 aromatic heterocycles. The first-order valence-electron chi connectivity index (χ1n) is 6.37. The highest BCUT2D eigenvalue weighted by Gasteiger charge is 2.28. The fourth-order valence-electron chi connectivity index (χ4n) is 2.53. The van der Waals surface area contributed by atoms with Gasteiger partial charge in [0.1, 0.15) is 0 Å². The third-order valence-corrected chi connectivity index (χ3v) is 4.63. The Balaban J connectivity index is 2.25. The summed E-state index contributed by atoms with van der Waals surface area (Å²) in [5, 5.41) is 3.64. The molecule has 1 atom stereocenters. The van der Waals surface area contributed by atoms with E-state index in [2.05, 4.69) is 39.1 Å². The van der Waals surface area contributed by atoms with E-state index in [1.54, 1.807) is 15.3 Å². The van der Waals surface area contributed by atoms with Gasteiger partial charge in [0.2, 0.25) is 0 Å². The van der Waals surface area contributed by atoms with Gasteiger partial charge < -0.3 is 5.32 Å². The van der Waals surface area contributed by atoms with Gasteiger partial charge in [0.05, 0.1) is 0 Å². The zero-order valence-electron chi connectivity index (χ0n) is 10.9. The van der Waals surface area contributed by atoms with Crippen LogP contribution in [-0.2, 0) is 12.8 Å². The molecule has 2 heteroatoms. The SMILES string of the molecule is CCNC(c1cc2c(s1)CCC2)C(C)(C)C. The summed E-state index contributed by atoms with van der Waals surface area (Å²) in [6.45, 7) is 10.2. The maximum Gasteiger partial charge on any atom is 0.0464 e. The summed E-state index contributed by atoms with van der Waals surface area (Å²) < 4.78 is 0. The Bertz CT molecular complexity index is 338. The van der Waals surface area contributed by atoms with Crippen molar-refractivity contribution in [1.29, 1.82) is 0 Å². The maximum absolute atomic E-state index is 3.64. The van der Waals surface area contributed by atoms with Crippen molar-refractivity contribution in [2.75, 3.05) is 6.54 Å². The highest BCUT2D eigenvalue weighted by atomic mass is 32.1. The summed E-state index contributed by atoms with van der Waals surface area (Å²) in [6.07, 6.45) is 3.97. The standard InChI is InChI=1S/C14H23NS/c1-5-15-13(14(2,3)4)12-9-10-7-6-8-11(10)16-12/h9,13,15H,5-8H2,1-4H3. The van der Waals surface area contributed by atoms with Crippen LogP contribution in [0.3, 0.4) is 0 Å². The van der Waals surface area contributed by atoms with E-state index in [0.717, 1.165) is 6.54 Å². The van der Waals surface area contributed by atoms with Crippen molar-refractivity contribution in [3.8, 4) is 0 Å². The molecular formula is C14H23NS. The van der Waals surface area contributed by atoms with E-state index in [-0.39, 0.29) is 0 Å². The second-order valence-electron chi connectivity index (χ2n) is 5.81. The lowest BCUT2D eigenvalue weighted by atomic mass is 9.85. The molecule has 1 aliphatic carbocycles. The van der Waals surface area contributed by atoms with Crippen LogP contribution < -0.4 is 5.32 Å². The molecule has 90 valence electrons. The van der Waals surface area contributed by atoms with Crippen molar-refractivity contribution in [1.82, 2.24) is 5.32 Å². The average molecular weight is 237 g/mol. The predicted octanol–water partition coefficient (Wildman–Crippen LogP) is 3.93. The predicted molar refractivity (Wildman–Crippen MR) is 72.2 cm³/mol. The van der Waals surface area contributed by atoms with Crippen LogP contribution in [-0.4, -0.2) is 6.54 Å². The van der Waals surface area contributed by atoms with Gasteiger partial charge in [0.15, 0.2) is 0 Å². The number of rotatable bonds is 3. The van der Waals surface area contributed by atoms with E-state index in [9.17, 15) is 0 Å². The molecule has 2 rings (SSSR count). The molecular weight excluding hydrogens is 214 g/mol. The lowest BCUT2D eigenvalue weighted by Gasteiger charge is -2.30. The molecule has 0 aromatic carbocycles. The molecule has 1 heterocycles. The van der Waals surface area contributed by atoms with E-state index in [1.165, 1.54) is 19.3 Å². The van der Waals surface area contributed by atoms with Crippen molar-refractivity contribution >= 4 is 11.3 Å². The number of nitrogens with one attached hydrogen (secondary N) is 1. The van der Waals surface area contributed by atoms with Crippen LogP contribution in [0.1, 0.15) is 55.5 Å². The van der Waals surface area contributed by atoms with Crippen molar-refractivity contribution in [2.24, 2.45) is 5.41 Å². The Kier molecular flexibility index (Phi) is 3.41. The molecule has 16 heavy (non-hydrogen) atoms. The minimum absolute atomic E-state index is 0.300. The van der Waals surface area contributed by atoms with Crippen LogP contribution in [0, 0.1) is 5.41 Å². The van der Waals surface area contributed by atoms with Gasteiger partial charge in [-0.25, -0.2) is 0 Å². The van der Waals surface area contributed by atoms with Crippen LogP contribution in [0.4, 0.5) is 0 Å². The summed E-state index contributed by atoms with van der Waals surface area (Å²) in [5.41, 5.74) is 1.92. The Morgan fingerprint density at radius 3 is 2.69 bits per heavy atom. The zero-order valence-corrected chi connectivity index (χ0v) is 11.7. The normalized spacial score (nSPS) is 17.5. The molecule has 1 nitrogen and oxygen atoms in total. The van der Waals surface area contributed by atoms with Gasteiger partial charge in [0.25, 0.3) is 0 Å². The van der Waals surface area contributed by atoms with Gasteiger partial charge in [-0.1, -0.05) is 27.7 Å². The first-order valence-corrected chi connectivity index (χ1v) is 7.19. The highest BCUT2D eigenvalue weighted by molar-refractivity contribution is 7.12. The number of hydrogen-bond donors (Lipinski definition) is 1. The lowest BCUT2D eigenvalue weighted by molar-refractivity contribution is 0.280. The largest absolute Gasteiger partial charge is 0.309 e. The minimum Gasteiger partial charge on any atom is -0.309 e. The van der Waals surface area contributed by atoms with E-state index >= 15 is 0 Å². The highest BCUT2D eigenvalue weighted by Crippen LogP contribution is 2.40. The maximum atomic E-state index is 3.64. The van der Waals surface area contributed by atoms with Gasteiger partial charge >= 0.3 is 0 Å². The molecule has 0 aliphatic heterocycles. The Morgan fingerprint density at radius 2 is 2.12 bits per heavy atom. The van der Waals surface area contributed by atoms with Crippen LogP contribution in [0.2, 0.25) is 0 Å². The molecule has 0 bridgehead atoms. The molecule has 0 saturated carbocycles. The third kappa shape index (κ3) is 2.33. The summed E-state index contributed by atoms with van der Waals surface area (Å²) in [7, 11) is 0. The van der Waals surface area contributed by atoms with Crippen molar-refractivity contribution in [2.45, 2.75) is 53.0 Å². The summed E-state index contributed by atoms with van der Waals surface area (Å²) in [4.78, 5) is 3.18. The van der Waals surface area contributed by atoms with Gasteiger partial charge in [0, 0.05) is 15.8 Å². The minimum atomic E-state index is 0.300. The van der Waals surface area contributed by atoms with E-state index in [4.69, 9.17) is 0 Å². The van der Waals surface area contributed by atoms with Gasteiger partial charge in [-0.15, -0.1) is 11.3 Å². The van der Waals surface area contributed by atoms with Crippen LogP contribution in [0.5, 0.6) is 0 Å². The molecule has 1 N–H and O–H groups in total. The van der Waals surface area contributed by atoms with E-state index in [0.29, 0.717) is 11.5 Å². The number of hydrogen-bond acceptors (Lipinski definition) is 2. The average Bonchev–Trinajstić information content (AvgIpc) is 2.70. The monoisotopic (exact) mass is 237 g/mol. The van der Waals surface area contributed by atoms with Gasteiger partial charge in [-0.05, 0) is 42.9 Å². The molecule has 1 aromatic rings. The fourth-order valence-corrected chi connectivity index (χ4v) is 4.11. The van der Waals surface area contributed by atoms with Crippen molar-refractivity contribution in [3.63, 3.8) is 0 Å². The number of thiophene rings is 1. The second-order valence-corrected chi connectivity index (χ2v) is 6.98. The topological polar surface area (TPSA) is 12.0 Å². The lowest BCUT2D eigenvalue weighted by Crippen LogP contribution is -2.31. The van der Waals surface area contributed by atoms with E-state index in [1.807, 2.05) is 11.3 Å². The Hall–Kier alpha value is -0.340. The van der Waals surface area contributed by atoms with Crippen LogP contribution >= 0.6 is 11.3 Å². The third-order valence-electron chi connectivity index (χ3n) is 3.32. The molecule has 0 saturated heterocycles. The smallest absolute Gasteiger partial charge is 0.0464 e. The first kappa shape index (κ1) is 12.1. The summed E-state index contributed by atoms with van der Waals surface area (Å²) >= 11 is 2.03. The molecule has 1 unspecified atom stereocenters. The zero-order chi connectivity index (χ0) is 11.8. The molecule has 1 aliphatic rings. The fraction of sp³-hybridized carbons (Fsp3) is 0.714. The molecule has 0 spiro atoms. The number of fused-ring (bicyclic) bond motifs is 1.